The van der Waals surface area contributed by atoms with Gasteiger partial charge in [0.1, 0.15) is 5.82 Å². The molecule has 0 radical (unpaired) electrons. The zero-order valence-corrected chi connectivity index (χ0v) is 11.4. The lowest BCUT2D eigenvalue weighted by atomic mass is 10.1. The average Bonchev–Trinajstić information content (AvgIpc) is 2.91. The minimum atomic E-state index is -0.334. The minimum absolute atomic E-state index is 0.334. The number of para-hydroxylation sites is 1. The molecule has 0 amide bonds. The van der Waals surface area contributed by atoms with Gasteiger partial charge in [0.15, 0.2) is 0 Å². The maximum absolute atomic E-state index is 13.4. The molecule has 0 saturated carbocycles. The quantitative estimate of drug-likeness (QED) is 0.800. The van der Waals surface area contributed by atoms with Gasteiger partial charge in [-0.15, -0.1) is 0 Å². The molecule has 2 aromatic carbocycles. The van der Waals surface area contributed by atoms with Crippen LogP contribution in [-0.2, 0) is 13.1 Å². The van der Waals surface area contributed by atoms with E-state index in [1.165, 1.54) is 18.2 Å². The minimum Gasteiger partial charge on any atom is -0.343 e. The van der Waals surface area contributed by atoms with Crippen LogP contribution in [0.3, 0.4) is 0 Å². The van der Waals surface area contributed by atoms with Gasteiger partial charge in [-0.25, -0.2) is 4.39 Å². The van der Waals surface area contributed by atoms with Crippen molar-refractivity contribution < 1.29 is 4.39 Å². The largest absolute Gasteiger partial charge is 0.343 e. The zero-order valence-electron chi connectivity index (χ0n) is 11.4. The summed E-state index contributed by atoms with van der Waals surface area (Å²) < 4.78 is 15.4. The summed E-state index contributed by atoms with van der Waals surface area (Å²) in [5.74, 6) is -0.334. The Morgan fingerprint density at radius 2 is 2.00 bits per heavy atom. The van der Waals surface area contributed by atoms with Gasteiger partial charge in [0.05, 0.1) is 17.1 Å². The fraction of sp³-hybridized carbons (Fsp3) is 0.118. The number of hydrogen-bond donors (Lipinski definition) is 1. The second-order valence-electron chi connectivity index (χ2n) is 4.92. The zero-order chi connectivity index (χ0) is 14.8. The molecule has 0 spiro atoms. The molecule has 0 atom stereocenters. The lowest BCUT2D eigenvalue weighted by molar-refractivity contribution is 0.623. The van der Waals surface area contributed by atoms with E-state index in [1.807, 2.05) is 35.0 Å². The number of fused-ring (bicyclic) bond motifs is 1. The number of halogens is 1. The van der Waals surface area contributed by atoms with Crippen LogP contribution in [0.4, 0.5) is 4.39 Å². The highest BCUT2D eigenvalue weighted by Crippen LogP contribution is 2.22. The summed E-state index contributed by atoms with van der Waals surface area (Å²) in [4.78, 5) is 0. The van der Waals surface area contributed by atoms with E-state index in [9.17, 15) is 4.39 Å². The molecule has 0 aliphatic carbocycles. The summed E-state index contributed by atoms with van der Waals surface area (Å²) in [6.07, 6.45) is 1.94. The topological polar surface area (TPSA) is 54.7 Å². The molecule has 104 valence electrons. The molecule has 4 heteroatoms. The third-order valence-corrected chi connectivity index (χ3v) is 3.62. The fourth-order valence-electron chi connectivity index (χ4n) is 2.62. The van der Waals surface area contributed by atoms with E-state index in [4.69, 9.17) is 11.0 Å². The maximum atomic E-state index is 13.4. The Bertz CT molecular complexity index is 843. The van der Waals surface area contributed by atoms with Crippen molar-refractivity contribution in [1.82, 2.24) is 4.57 Å². The summed E-state index contributed by atoms with van der Waals surface area (Å²) in [5, 5.41) is 10.2. The summed E-state index contributed by atoms with van der Waals surface area (Å²) >= 11 is 0. The molecule has 3 nitrogen and oxygen atoms in total. The number of nitriles is 1. The van der Waals surface area contributed by atoms with Crippen molar-refractivity contribution in [3.8, 4) is 6.07 Å². The molecule has 1 heterocycles. The Morgan fingerprint density at radius 1 is 1.14 bits per heavy atom. The first-order chi connectivity index (χ1) is 10.2. The third kappa shape index (κ3) is 2.39. The van der Waals surface area contributed by atoms with E-state index >= 15 is 0 Å². The van der Waals surface area contributed by atoms with Gasteiger partial charge in [-0.2, -0.15) is 5.26 Å². The van der Waals surface area contributed by atoms with Crippen LogP contribution in [0, 0.1) is 17.1 Å². The lowest BCUT2D eigenvalue weighted by Crippen LogP contribution is -2.05. The van der Waals surface area contributed by atoms with Gasteiger partial charge in [-0.3, -0.25) is 0 Å². The molecule has 0 saturated heterocycles. The molecule has 0 fully saturated rings. The number of nitrogens with zero attached hydrogens (tertiary/aromatic N) is 2. The number of aromatic nitrogens is 1. The lowest BCUT2D eigenvalue weighted by Gasteiger charge is -2.10. The predicted octanol–water partition coefficient (Wildman–Crippen LogP) is 3.16. The molecular weight excluding hydrogens is 265 g/mol. The standard InChI is InChI=1S/C17H14FN3/c18-16-5-4-13(9-19)15(8-16)11-21-7-6-12-2-1-3-14(10-20)17(12)21/h1-8H,10-11,20H2. The van der Waals surface area contributed by atoms with E-state index in [-0.39, 0.29) is 5.82 Å². The van der Waals surface area contributed by atoms with E-state index in [0.29, 0.717) is 24.2 Å². The Morgan fingerprint density at radius 3 is 2.76 bits per heavy atom. The van der Waals surface area contributed by atoms with Crippen LogP contribution in [0.1, 0.15) is 16.7 Å². The van der Waals surface area contributed by atoms with Gasteiger partial charge >= 0.3 is 0 Å². The molecule has 0 unspecified atom stereocenters. The molecule has 3 rings (SSSR count). The first-order valence-electron chi connectivity index (χ1n) is 6.68. The van der Waals surface area contributed by atoms with Crippen molar-refractivity contribution in [3.05, 3.63) is 71.2 Å². The Labute approximate surface area is 122 Å². The van der Waals surface area contributed by atoms with Crippen molar-refractivity contribution in [1.29, 1.82) is 5.26 Å². The summed E-state index contributed by atoms with van der Waals surface area (Å²) in [6.45, 7) is 0.886. The second kappa shape index (κ2) is 5.39. The van der Waals surface area contributed by atoms with Crippen molar-refractivity contribution in [2.45, 2.75) is 13.1 Å². The monoisotopic (exact) mass is 279 g/mol. The Kier molecular flexibility index (Phi) is 3.43. The number of nitrogens with two attached hydrogens (primary N) is 1. The maximum Gasteiger partial charge on any atom is 0.123 e. The molecular formula is C17H14FN3. The van der Waals surface area contributed by atoms with Crippen molar-refractivity contribution in [3.63, 3.8) is 0 Å². The van der Waals surface area contributed by atoms with Crippen LogP contribution in [0.25, 0.3) is 10.9 Å². The van der Waals surface area contributed by atoms with Gasteiger partial charge < -0.3 is 10.3 Å². The average molecular weight is 279 g/mol. The summed E-state index contributed by atoms with van der Waals surface area (Å²) in [5.41, 5.74) is 9.02. The van der Waals surface area contributed by atoms with Gasteiger partial charge in [0, 0.05) is 19.3 Å². The van der Waals surface area contributed by atoms with Crippen LogP contribution in [-0.4, -0.2) is 4.57 Å². The van der Waals surface area contributed by atoms with Gasteiger partial charge in [0.2, 0.25) is 0 Å². The first kappa shape index (κ1) is 13.3. The molecule has 21 heavy (non-hydrogen) atoms. The molecule has 3 aromatic rings. The highest BCUT2D eigenvalue weighted by atomic mass is 19.1. The van der Waals surface area contributed by atoms with Crippen molar-refractivity contribution in [2.75, 3.05) is 0 Å². The number of hydrogen-bond acceptors (Lipinski definition) is 2. The summed E-state index contributed by atoms with van der Waals surface area (Å²) in [7, 11) is 0. The second-order valence-corrected chi connectivity index (χ2v) is 4.92. The fourth-order valence-corrected chi connectivity index (χ4v) is 2.62. The van der Waals surface area contributed by atoms with Crippen LogP contribution < -0.4 is 5.73 Å². The molecule has 0 bridgehead atoms. The van der Waals surface area contributed by atoms with E-state index in [2.05, 4.69) is 6.07 Å². The van der Waals surface area contributed by atoms with Crippen LogP contribution in [0.5, 0.6) is 0 Å². The smallest absolute Gasteiger partial charge is 0.123 e. The number of benzene rings is 2. The van der Waals surface area contributed by atoms with E-state index < -0.39 is 0 Å². The predicted molar refractivity (Wildman–Crippen MR) is 80.0 cm³/mol. The third-order valence-electron chi connectivity index (χ3n) is 3.62. The Hall–Kier alpha value is -2.64. The van der Waals surface area contributed by atoms with Crippen molar-refractivity contribution in [2.24, 2.45) is 5.73 Å². The number of rotatable bonds is 3. The highest BCUT2D eigenvalue weighted by Gasteiger charge is 2.09. The van der Waals surface area contributed by atoms with Gasteiger partial charge in [-0.05, 0) is 40.8 Å². The normalized spacial score (nSPS) is 10.7. The van der Waals surface area contributed by atoms with Crippen LogP contribution in [0.2, 0.25) is 0 Å². The van der Waals surface area contributed by atoms with Crippen molar-refractivity contribution >= 4 is 10.9 Å². The highest BCUT2D eigenvalue weighted by molar-refractivity contribution is 5.83. The van der Waals surface area contributed by atoms with E-state index in [0.717, 1.165) is 16.5 Å². The SMILES string of the molecule is N#Cc1ccc(F)cc1Cn1ccc2cccc(CN)c21. The molecule has 0 aliphatic rings. The first-order valence-corrected chi connectivity index (χ1v) is 6.68. The summed E-state index contributed by atoms with van der Waals surface area (Å²) in [6, 6.07) is 14.3. The Balaban J connectivity index is 2.11. The van der Waals surface area contributed by atoms with Crippen LogP contribution >= 0.6 is 0 Å². The van der Waals surface area contributed by atoms with Crippen LogP contribution in [0.15, 0.2) is 48.7 Å². The molecule has 1 aromatic heterocycles. The molecule has 2 N–H and O–H groups in total. The molecule has 0 aliphatic heterocycles. The van der Waals surface area contributed by atoms with E-state index in [1.54, 1.807) is 0 Å². The van der Waals surface area contributed by atoms with Gasteiger partial charge in [-0.1, -0.05) is 18.2 Å². The van der Waals surface area contributed by atoms with Gasteiger partial charge in [0.25, 0.3) is 0 Å².